The molecule has 0 radical (unpaired) electrons. The van der Waals surface area contributed by atoms with Gasteiger partial charge in [-0.25, -0.2) is 17.7 Å². The van der Waals surface area contributed by atoms with Crippen molar-refractivity contribution in [2.75, 3.05) is 26.7 Å². The van der Waals surface area contributed by atoms with Gasteiger partial charge >= 0.3 is 0 Å². The zero-order chi connectivity index (χ0) is 41.4. The first-order valence-corrected chi connectivity index (χ1v) is 21.6. The molecule has 4 aliphatic rings. The summed E-state index contributed by atoms with van der Waals surface area (Å²) < 4.78 is 37.8. The number of hydrogen-bond donors (Lipinski definition) is 2. The normalized spacial score (nSPS) is 23.8. The lowest BCUT2D eigenvalue weighted by atomic mass is 9.77. The minimum atomic E-state index is -3.23. The molecule has 310 valence electrons. The number of nitrogens with one attached hydrogen (secondary N) is 1. The molecule has 1 N–H and O–H groups in total. The minimum absolute atomic E-state index is 0.0101. The van der Waals surface area contributed by atoms with E-state index in [9.17, 15) is 27.6 Å². The second-order valence-electron chi connectivity index (χ2n) is 17.3. The van der Waals surface area contributed by atoms with E-state index in [4.69, 9.17) is 14.5 Å². The van der Waals surface area contributed by atoms with Crippen LogP contribution in [0, 0.1) is 17.3 Å². The number of fused-ring (bicyclic) bond motifs is 1. The predicted octanol–water partition coefficient (Wildman–Crippen LogP) is 5.29. The number of amides is 4. The molecule has 13 nitrogen and oxygen atoms in total. The van der Waals surface area contributed by atoms with Gasteiger partial charge in [0.05, 0.1) is 30.8 Å². The zero-order valence-corrected chi connectivity index (χ0v) is 34.7. The summed E-state index contributed by atoms with van der Waals surface area (Å²) in [6, 6.07) is 15.5. The Labute approximate surface area is 342 Å². The maximum atomic E-state index is 15.0. The number of rotatable bonds is 13. The number of carbonyl (C=O) groups is 4. The molecule has 7 rings (SSSR count). The summed E-state index contributed by atoms with van der Waals surface area (Å²) >= 11 is 0. The van der Waals surface area contributed by atoms with Crippen LogP contribution in [0.5, 0.6) is 11.5 Å². The van der Waals surface area contributed by atoms with Crippen LogP contribution in [-0.2, 0) is 30.1 Å². The fourth-order valence-electron chi connectivity index (χ4n) is 8.52. The molecule has 0 spiro atoms. The lowest BCUT2D eigenvalue weighted by Crippen LogP contribution is -2.57. The fourth-order valence-corrected chi connectivity index (χ4v) is 9.34. The number of ether oxygens (including phenoxy) is 2. The summed E-state index contributed by atoms with van der Waals surface area (Å²) in [4.78, 5) is 65.7. The number of aromatic nitrogens is 1. The van der Waals surface area contributed by atoms with Crippen LogP contribution in [0.2, 0.25) is 0 Å². The molecule has 4 fully saturated rings. The Kier molecular flexibility index (Phi) is 11.9. The maximum Gasteiger partial charge on any atom is 0.262 e. The summed E-state index contributed by atoms with van der Waals surface area (Å²) in [7, 11) is -1.64. The average molecular weight is 814 g/mol. The SMILES string of the molecule is C=C[C@@H]1C[C@]1(NC(=O)[C@@H]1C[C@@H](Oc2cc(-c3ccccc3)nc3cc(OC)ccc23)CN1C(=O)[C@@H](CC(=O)N1CCCCCC1)C(C)(C)C)C(=O)N(C1CC1)[SH](=O)=O. The quantitative estimate of drug-likeness (QED) is 0.173. The van der Waals surface area contributed by atoms with Crippen molar-refractivity contribution in [2.45, 2.75) is 102 Å². The molecule has 3 heterocycles. The standard InChI is InChI=1S/C44H55N5O8S/c1-6-29-26-44(29,42(53)49(58(54)55)30-16-17-30)46-40(51)37-23-32(27-48(37)41(52)34(43(2,3)4)24-39(50)47-20-12-7-8-13-21-47)57-38-25-35(28-14-10-9-11-15-28)45-36-22-31(56-5)18-19-33(36)38/h6,9-11,14-15,18-19,22,25,29-30,32,34,37,58H,1,7-8,12-13,16-17,20-21,23-24,26-27H2,2-5H3,(H,46,51)/t29-,32-,34-,37+,44-/m1/s1. The Hall–Kier alpha value is -4.98. The van der Waals surface area contributed by atoms with E-state index in [0.29, 0.717) is 54.0 Å². The number of methoxy groups -OCH3 is 1. The molecular formula is C44H55N5O8S. The molecule has 4 amide bonds. The number of nitrogens with zero attached hydrogens (tertiary/aromatic N) is 4. The summed E-state index contributed by atoms with van der Waals surface area (Å²) in [6.45, 7) is 11.0. The van der Waals surface area contributed by atoms with Gasteiger partial charge in [-0.3, -0.25) is 19.2 Å². The summed E-state index contributed by atoms with van der Waals surface area (Å²) in [5, 5.41) is 3.64. The lowest BCUT2D eigenvalue weighted by molar-refractivity contribution is -0.148. The third-order valence-corrected chi connectivity index (χ3v) is 13.0. The van der Waals surface area contributed by atoms with Gasteiger partial charge in [0.25, 0.3) is 5.91 Å². The van der Waals surface area contributed by atoms with Gasteiger partial charge in [0.15, 0.2) is 0 Å². The van der Waals surface area contributed by atoms with Crippen LogP contribution < -0.4 is 14.8 Å². The first kappa shape index (κ1) is 41.2. The van der Waals surface area contributed by atoms with Gasteiger partial charge in [-0.05, 0) is 49.7 Å². The Morgan fingerprint density at radius 3 is 2.34 bits per heavy atom. The molecule has 58 heavy (non-hydrogen) atoms. The molecule has 0 unspecified atom stereocenters. The van der Waals surface area contributed by atoms with Crippen LogP contribution in [-0.4, -0.2) is 102 Å². The van der Waals surface area contributed by atoms with E-state index >= 15 is 0 Å². The van der Waals surface area contributed by atoms with Crippen LogP contribution in [0.3, 0.4) is 0 Å². The third-order valence-electron chi connectivity index (χ3n) is 12.2. The Balaban J connectivity index is 1.22. The average Bonchev–Trinajstić information content (AvgIpc) is 4.13. The molecule has 2 aliphatic heterocycles. The molecule has 0 bridgehead atoms. The van der Waals surface area contributed by atoms with Crippen molar-refractivity contribution in [3.8, 4) is 22.8 Å². The number of hydrogen-bond acceptors (Lipinski definition) is 9. The van der Waals surface area contributed by atoms with Gasteiger partial charge in [-0.15, -0.1) is 6.58 Å². The van der Waals surface area contributed by atoms with Crippen molar-refractivity contribution < 1.29 is 37.1 Å². The summed E-state index contributed by atoms with van der Waals surface area (Å²) in [5.41, 5.74) is 0.0304. The Morgan fingerprint density at radius 2 is 1.74 bits per heavy atom. The largest absolute Gasteiger partial charge is 0.497 e. The highest BCUT2D eigenvalue weighted by Gasteiger charge is 2.63. The van der Waals surface area contributed by atoms with E-state index in [1.807, 2.05) is 80.3 Å². The minimum Gasteiger partial charge on any atom is -0.497 e. The fraction of sp³-hybridized carbons (Fsp3) is 0.523. The van der Waals surface area contributed by atoms with Crippen molar-refractivity contribution in [1.29, 1.82) is 0 Å². The number of thiol groups is 1. The molecule has 1 aromatic heterocycles. The highest BCUT2D eigenvalue weighted by atomic mass is 32.2. The van der Waals surface area contributed by atoms with Crippen LogP contribution in [0.15, 0.2) is 67.3 Å². The topological polar surface area (TPSA) is 156 Å². The summed E-state index contributed by atoms with van der Waals surface area (Å²) in [6.07, 6.45) is 6.24. The van der Waals surface area contributed by atoms with Gasteiger partial charge in [-0.2, -0.15) is 0 Å². The van der Waals surface area contributed by atoms with Gasteiger partial charge in [0.1, 0.15) is 29.2 Å². The van der Waals surface area contributed by atoms with E-state index in [2.05, 4.69) is 11.9 Å². The molecule has 3 aromatic rings. The maximum absolute atomic E-state index is 15.0. The van der Waals surface area contributed by atoms with Crippen LogP contribution in [0.1, 0.15) is 78.6 Å². The monoisotopic (exact) mass is 813 g/mol. The number of carbonyl (C=O) groups excluding carboxylic acids is 4. The van der Waals surface area contributed by atoms with Crippen LogP contribution >= 0.6 is 0 Å². The van der Waals surface area contributed by atoms with Crippen LogP contribution in [0.25, 0.3) is 22.2 Å². The van der Waals surface area contributed by atoms with Gasteiger partial charge in [-0.1, -0.05) is 70.0 Å². The van der Waals surface area contributed by atoms with Gasteiger partial charge in [0, 0.05) is 61.0 Å². The Morgan fingerprint density at radius 1 is 1.03 bits per heavy atom. The zero-order valence-electron chi connectivity index (χ0n) is 33.9. The first-order chi connectivity index (χ1) is 27.7. The first-order valence-electron chi connectivity index (χ1n) is 20.5. The van der Waals surface area contributed by atoms with Crippen molar-refractivity contribution in [2.24, 2.45) is 17.3 Å². The molecule has 2 aromatic carbocycles. The second-order valence-corrected chi connectivity index (χ2v) is 18.2. The van der Waals surface area contributed by atoms with E-state index < -0.39 is 63.7 Å². The van der Waals surface area contributed by atoms with E-state index in [1.165, 1.54) is 4.90 Å². The highest BCUT2D eigenvalue weighted by Crippen LogP contribution is 2.48. The van der Waals surface area contributed by atoms with Gasteiger partial charge in [0.2, 0.25) is 28.6 Å². The molecule has 14 heteroatoms. The van der Waals surface area contributed by atoms with Crippen molar-refractivity contribution in [1.82, 2.24) is 24.4 Å². The number of benzene rings is 2. The predicted molar refractivity (Wildman–Crippen MR) is 220 cm³/mol. The van der Waals surface area contributed by atoms with E-state index in [1.54, 1.807) is 13.2 Å². The van der Waals surface area contributed by atoms with Crippen LogP contribution in [0.4, 0.5) is 0 Å². The molecule has 2 saturated heterocycles. The third kappa shape index (κ3) is 8.57. The van der Waals surface area contributed by atoms with Crippen molar-refractivity contribution >= 4 is 45.4 Å². The van der Waals surface area contributed by atoms with Crippen molar-refractivity contribution in [3.05, 3.63) is 67.3 Å². The lowest BCUT2D eigenvalue weighted by Gasteiger charge is -2.36. The molecule has 2 saturated carbocycles. The number of likely N-dealkylation sites (tertiary alicyclic amines) is 2. The smallest absolute Gasteiger partial charge is 0.262 e. The number of pyridine rings is 1. The van der Waals surface area contributed by atoms with E-state index in [-0.39, 0.29) is 37.6 Å². The summed E-state index contributed by atoms with van der Waals surface area (Å²) in [5.74, 6) is -1.82. The second kappa shape index (κ2) is 16.7. The Bertz CT molecular complexity index is 2130. The molecular weight excluding hydrogens is 759 g/mol. The van der Waals surface area contributed by atoms with E-state index in [0.717, 1.165) is 35.6 Å². The van der Waals surface area contributed by atoms with Crippen molar-refractivity contribution in [3.63, 3.8) is 0 Å². The molecule has 2 aliphatic carbocycles. The molecule has 5 atom stereocenters. The van der Waals surface area contributed by atoms with Gasteiger partial charge < -0.3 is 24.6 Å². The highest BCUT2D eigenvalue weighted by molar-refractivity contribution is 7.70.